The Bertz CT molecular complexity index is 827. The molecule has 2 aromatic rings. The number of rotatable bonds is 13. The number of nitrogens with zero attached hydrogens (tertiary/aromatic N) is 1. The number of amides is 2. The summed E-state index contributed by atoms with van der Waals surface area (Å²) >= 11 is 0. The van der Waals surface area contributed by atoms with Gasteiger partial charge in [-0.3, -0.25) is 19.4 Å². The molecule has 0 saturated carbocycles. The Balaban J connectivity index is 1.57. The van der Waals surface area contributed by atoms with Crippen molar-refractivity contribution in [1.29, 1.82) is 0 Å². The summed E-state index contributed by atoms with van der Waals surface area (Å²) in [6, 6.07) is 13.2. The standard InChI is InChI=1S/C24H31N3O4/c1-18(9-14-26-24(31)16-20-10-12-25-13-11-20)15-23(30)27-17-22(29)21(28)8-7-19-5-3-2-4-6-19/h2-6,10-13,18,21,28H,7-9,14-17H2,1H3,(H,26,31)(H,27,30). The lowest BCUT2D eigenvalue weighted by Crippen LogP contribution is -2.36. The van der Waals surface area contributed by atoms with Crippen LogP contribution in [0.15, 0.2) is 54.9 Å². The van der Waals surface area contributed by atoms with Crippen molar-refractivity contribution in [2.75, 3.05) is 13.1 Å². The highest BCUT2D eigenvalue weighted by Crippen LogP contribution is 2.08. The van der Waals surface area contributed by atoms with E-state index >= 15 is 0 Å². The van der Waals surface area contributed by atoms with E-state index < -0.39 is 6.10 Å². The predicted octanol–water partition coefficient (Wildman–Crippen LogP) is 1.84. The Kier molecular flexibility index (Phi) is 10.4. The number of hydrogen-bond acceptors (Lipinski definition) is 5. The minimum atomic E-state index is -1.09. The molecule has 2 atom stereocenters. The molecule has 3 N–H and O–H groups in total. The molecule has 1 heterocycles. The lowest BCUT2D eigenvalue weighted by atomic mass is 10.0. The van der Waals surface area contributed by atoms with E-state index in [-0.39, 0.29) is 36.5 Å². The van der Waals surface area contributed by atoms with E-state index in [1.54, 1.807) is 24.5 Å². The fraction of sp³-hybridized carbons (Fsp3) is 0.417. The molecule has 1 aromatic carbocycles. The maximum Gasteiger partial charge on any atom is 0.224 e. The lowest BCUT2D eigenvalue weighted by molar-refractivity contribution is -0.130. The summed E-state index contributed by atoms with van der Waals surface area (Å²) < 4.78 is 0. The Labute approximate surface area is 183 Å². The van der Waals surface area contributed by atoms with Gasteiger partial charge in [0.05, 0.1) is 13.0 Å². The van der Waals surface area contributed by atoms with E-state index in [4.69, 9.17) is 0 Å². The topological polar surface area (TPSA) is 108 Å². The first-order valence-corrected chi connectivity index (χ1v) is 10.6. The molecule has 2 rings (SSSR count). The summed E-state index contributed by atoms with van der Waals surface area (Å²) in [4.78, 5) is 39.9. The third kappa shape index (κ3) is 10.00. The van der Waals surface area contributed by atoms with E-state index in [1.165, 1.54) is 0 Å². The summed E-state index contributed by atoms with van der Waals surface area (Å²) in [6.07, 6.45) is 4.35. The number of aromatic nitrogens is 1. The van der Waals surface area contributed by atoms with Crippen molar-refractivity contribution in [2.24, 2.45) is 5.92 Å². The second-order valence-corrected chi connectivity index (χ2v) is 7.76. The molecular formula is C24H31N3O4. The largest absolute Gasteiger partial charge is 0.385 e. The van der Waals surface area contributed by atoms with Crippen LogP contribution in [-0.2, 0) is 27.2 Å². The predicted molar refractivity (Wildman–Crippen MR) is 118 cm³/mol. The number of carbonyl (C=O) groups excluding carboxylic acids is 3. The Morgan fingerprint density at radius 3 is 2.35 bits per heavy atom. The van der Waals surface area contributed by atoms with Gasteiger partial charge in [0.2, 0.25) is 11.8 Å². The van der Waals surface area contributed by atoms with Crippen molar-refractivity contribution in [3.05, 3.63) is 66.0 Å². The number of carbonyl (C=O) groups is 3. The normalized spacial score (nSPS) is 12.6. The van der Waals surface area contributed by atoms with Crippen LogP contribution >= 0.6 is 0 Å². The van der Waals surface area contributed by atoms with Crippen LogP contribution in [0.1, 0.15) is 37.3 Å². The average Bonchev–Trinajstić information content (AvgIpc) is 2.77. The molecule has 0 saturated heterocycles. The third-order valence-corrected chi connectivity index (χ3v) is 4.99. The van der Waals surface area contributed by atoms with Gasteiger partial charge in [-0.1, -0.05) is 37.3 Å². The van der Waals surface area contributed by atoms with Crippen LogP contribution < -0.4 is 10.6 Å². The Hall–Kier alpha value is -3.06. The number of ketones is 1. The van der Waals surface area contributed by atoms with Crippen LogP contribution in [0.3, 0.4) is 0 Å². The minimum Gasteiger partial charge on any atom is -0.385 e. The van der Waals surface area contributed by atoms with Gasteiger partial charge in [0.15, 0.2) is 5.78 Å². The zero-order valence-electron chi connectivity index (χ0n) is 17.9. The van der Waals surface area contributed by atoms with Crippen LogP contribution in [0.4, 0.5) is 0 Å². The van der Waals surface area contributed by atoms with Crippen molar-refractivity contribution in [3.63, 3.8) is 0 Å². The monoisotopic (exact) mass is 425 g/mol. The SMILES string of the molecule is CC(CCNC(=O)Cc1ccncc1)CC(=O)NCC(=O)C(O)CCc1ccccc1. The average molecular weight is 426 g/mol. The van der Waals surface area contributed by atoms with Crippen molar-refractivity contribution in [1.82, 2.24) is 15.6 Å². The van der Waals surface area contributed by atoms with E-state index in [9.17, 15) is 19.5 Å². The third-order valence-electron chi connectivity index (χ3n) is 4.99. The maximum atomic E-state index is 12.1. The Morgan fingerprint density at radius 1 is 0.935 bits per heavy atom. The van der Waals surface area contributed by atoms with Crippen molar-refractivity contribution in [3.8, 4) is 0 Å². The van der Waals surface area contributed by atoms with Crippen LogP contribution in [-0.4, -0.2) is 46.9 Å². The van der Waals surface area contributed by atoms with E-state index in [2.05, 4.69) is 15.6 Å². The fourth-order valence-electron chi connectivity index (χ4n) is 3.11. The first-order chi connectivity index (χ1) is 14.9. The summed E-state index contributed by atoms with van der Waals surface area (Å²) in [6.45, 7) is 2.23. The molecule has 0 bridgehead atoms. The molecular weight excluding hydrogens is 394 g/mol. The number of aliphatic hydroxyl groups excluding tert-OH is 1. The number of aliphatic hydroxyl groups is 1. The molecule has 0 radical (unpaired) electrons. The molecule has 0 aliphatic heterocycles. The molecule has 0 spiro atoms. The van der Waals surface area contributed by atoms with Gasteiger partial charge < -0.3 is 15.7 Å². The highest BCUT2D eigenvalue weighted by atomic mass is 16.3. The smallest absolute Gasteiger partial charge is 0.224 e. The molecule has 31 heavy (non-hydrogen) atoms. The van der Waals surface area contributed by atoms with Crippen LogP contribution in [0.2, 0.25) is 0 Å². The Morgan fingerprint density at radius 2 is 1.65 bits per heavy atom. The number of hydrogen-bond donors (Lipinski definition) is 3. The van der Waals surface area contributed by atoms with Gasteiger partial charge in [-0.15, -0.1) is 0 Å². The van der Waals surface area contributed by atoms with E-state index in [0.29, 0.717) is 32.2 Å². The first kappa shape index (κ1) is 24.2. The zero-order chi connectivity index (χ0) is 22.5. The quantitative estimate of drug-likeness (QED) is 0.454. The molecule has 2 unspecified atom stereocenters. The molecule has 0 aliphatic carbocycles. The molecule has 7 heteroatoms. The van der Waals surface area contributed by atoms with Crippen molar-refractivity contribution >= 4 is 17.6 Å². The van der Waals surface area contributed by atoms with Crippen molar-refractivity contribution < 1.29 is 19.5 Å². The van der Waals surface area contributed by atoms with Gasteiger partial charge in [-0.05, 0) is 48.4 Å². The fourth-order valence-corrected chi connectivity index (χ4v) is 3.11. The molecule has 2 amide bonds. The number of pyridine rings is 1. The summed E-state index contributed by atoms with van der Waals surface area (Å²) in [5.41, 5.74) is 1.95. The van der Waals surface area contributed by atoms with Crippen LogP contribution in [0, 0.1) is 5.92 Å². The number of benzene rings is 1. The van der Waals surface area contributed by atoms with Gasteiger partial charge in [-0.2, -0.15) is 0 Å². The van der Waals surface area contributed by atoms with Crippen LogP contribution in [0.25, 0.3) is 0 Å². The minimum absolute atomic E-state index is 0.0549. The number of nitrogens with one attached hydrogen (secondary N) is 2. The first-order valence-electron chi connectivity index (χ1n) is 10.6. The van der Waals surface area contributed by atoms with E-state index in [1.807, 2.05) is 37.3 Å². The highest BCUT2D eigenvalue weighted by molar-refractivity contribution is 5.88. The van der Waals surface area contributed by atoms with Crippen molar-refractivity contribution in [2.45, 2.75) is 45.1 Å². The van der Waals surface area contributed by atoms with Gasteiger partial charge in [0.1, 0.15) is 6.10 Å². The zero-order valence-corrected chi connectivity index (χ0v) is 17.9. The molecule has 0 aliphatic rings. The number of Topliss-reactive ketones (excluding diaryl/α,β-unsaturated/α-hetero) is 1. The summed E-state index contributed by atoms with van der Waals surface area (Å²) in [7, 11) is 0. The van der Waals surface area contributed by atoms with E-state index in [0.717, 1.165) is 11.1 Å². The second kappa shape index (κ2) is 13.3. The molecule has 7 nitrogen and oxygen atoms in total. The molecule has 166 valence electrons. The lowest BCUT2D eigenvalue weighted by Gasteiger charge is -2.13. The maximum absolute atomic E-state index is 12.1. The number of aryl methyl sites for hydroxylation is 1. The second-order valence-electron chi connectivity index (χ2n) is 7.76. The summed E-state index contributed by atoms with van der Waals surface area (Å²) in [5, 5.41) is 15.4. The van der Waals surface area contributed by atoms with Crippen LogP contribution in [0.5, 0.6) is 0 Å². The molecule has 1 aromatic heterocycles. The highest BCUT2D eigenvalue weighted by Gasteiger charge is 2.17. The van der Waals surface area contributed by atoms with Gasteiger partial charge in [0.25, 0.3) is 0 Å². The van der Waals surface area contributed by atoms with Gasteiger partial charge in [-0.25, -0.2) is 0 Å². The molecule has 0 fully saturated rings. The summed E-state index contributed by atoms with van der Waals surface area (Å²) in [5.74, 6) is -0.642. The van der Waals surface area contributed by atoms with Gasteiger partial charge in [0, 0.05) is 25.4 Å². The van der Waals surface area contributed by atoms with Gasteiger partial charge >= 0.3 is 0 Å².